The Bertz CT molecular complexity index is 747. The summed E-state index contributed by atoms with van der Waals surface area (Å²) in [7, 11) is 0. The van der Waals surface area contributed by atoms with E-state index in [0.29, 0.717) is 0 Å². The van der Waals surface area contributed by atoms with Crippen molar-refractivity contribution in [1.29, 1.82) is 0 Å². The zero-order valence-corrected chi connectivity index (χ0v) is 20.5. The van der Waals surface area contributed by atoms with Gasteiger partial charge in [-0.2, -0.15) is 0 Å². The molecule has 3 aromatic carbocycles. The van der Waals surface area contributed by atoms with Gasteiger partial charge in [-0.3, -0.25) is 0 Å². The van der Waals surface area contributed by atoms with Crippen LogP contribution in [0.4, 0.5) is 0 Å². The molecule has 0 aliphatic heterocycles. The molecule has 162 valence electrons. The van der Waals surface area contributed by atoms with Crippen LogP contribution in [0.5, 0.6) is 0 Å². The monoisotopic (exact) mass is 403 g/mol. The highest BCUT2D eigenvalue weighted by Gasteiger charge is 2.00. The molecule has 0 aliphatic rings. The van der Waals surface area contributed by atoms with Crippen LogP contribution in [0.2, 0.25) is 0 Å². The Morgan fingerprint density at radius 3 is 1.03 bits per heavy atom. The Balaban J connectivity index is 0.00000129. The second kappa shape index (κ2) is 17.4. The van der Waals surface area contributed by atoms with Crippen LogP contribution in [0, 0.1) is 13.8 Å². The lowest BCUT2D eigenvalue weighted by molar-refractivity contribution is 0.996. The van der Waals surface area contributed by atoms with Gasteiger partial charge in [-0.25, -0.2) is 0 Å². The summed E-state index contributed by atoms with van der Waals surface area (Å²) >= 11 is 0. The standard InChI is InChI=1S/C24H25.3C2H6/c1-3-4-20-9-11-22(12-10-20)18-24-15-13-23(14-16-24)17-21-7-5-19(2)6-8-21;3*1-2/h5-16H,1,3-4,17-18H2,2H3;3*1-2H3/q+1;;;. The minimum atomic E-state index is 0.960. The Kier molecular flexibility index (Phi) is 16.0. The molecule has 0 spiro atoms. The van der Waals surface area contributed by atoms with Crippen molar-refractivity contribution in [2.45, 2.75) is 74.1 Å². The lowest BCUT2D eigenvalue weighted by Gasteiger charge is -2.06. The van der Waals surface area contributed by atoms with Crippen molar-refractivity contribution in [2.75, 3.05) is 0 Å². The summed E-state index contributed by atoms with van der Waals surface area (Å²) in [5.41, 5.74) is 8.17. The fourth-order valence-corrected chi connectivity index (χ4v) is 2.98. The smallest absolute Gasteiger partial charge is 0.0683 e. The summed E-state index contributed by atoms with van der Waals surface area (Å²) in [6.45, 7) is 18.0. The number of rotatable bonds is 6. The van der Waals surface area contributed by atoms with E-state index < -0.39 is 0 Å². The van der Waals surface area contributed by atoms with E-state index in [1.807, 2.05) is 41.5 Å². The molecular formula is C30H43+. The molecule has 0 aromatic heterocycles. The average Bonchev–Trinajstić information content (AvgIpc) is 2.82. The average molecular weight is 404 g/mol. The zero-order valence-electron chi connectivity index (χ0n) is 20.5. The van der Waals surface area contributed by atoms with Crippen molar-refractivity contribution >= 4 is 0 Å². The topological polar surface area (TPSA) is 0 Å². The van der Waals surface area contributed by atoms with Gasteiger partial charge in [-0.15, -0.1) is 0 Å². The van der Waals surface area contributed by atoms with Gasteiger partial charge in [0.2, 0.25) is 0 Å². The lowest BCUT2D eigenvalue weighted by Crippen LogP contribution is -1.92. The first-order chi connectivity index (χ1) is 14.7. The normalized spacial score (nSPS) is 9.17. The van der Waals surface area contributed by atoms with Crippen LogP contribution < -0.4 is 0 Å². The summed E-state index contributed by atoms with van der Waals surface area (Å²) in [5, 5.41) is 0. The largest absolute Gasteiger partial charge is 0.0890 e. The first-order valence-corrected chi connectivity index (χ1v) is 11.7. The molecule has 0 saturated carbocycles. The maximum Gasteiger partial charge on any atom is 0.0890 e. The second-order valence-electron chi connectivity index (χ2n) is 6.58. The summed E-state index contributed by atoms with van der Waals surface area (Å²) in [6.07, 6.45) is 4.02. The molecule has 30 heavy (non-hydrogen) atoms. The van der Waals surface area contributed by atoms with Crippen LogP contribution in [0.3, 0.4) is 0 Å². The van der Waals surface area contributed by atoms with Gasteiger partial charge in [0, 0.05) is 6.42 Å². The number of aryl methyl sites for hydroxylation is 2. The fraction of sp³-hybridized carbons (Fsp3) is 0.367. The summed E-state index contributed by atoms with van der Waals surface area (Å²) < 4.78 is 0. The SMILES string of the molecule is CC.CC.CC.[CH2+]CCc1ccc(Cc2ccc(Cc3ccc(C)cc3)cc2)cc1. The molecule has 0 amide bonds. The molecule has 0 fully saturated rings. The summed E-state index contributed by atoms with van der Waals surface area (Å²) in [5.74, 6) is 0. The predicted molar refractivity (Wildman–Crippen MR) is 137 cm³/mol. The molecule has 3 rings (SSSR count). The van der Waals surface area contributed by atoms with E-state index in [1.54, 1.807) is 0 Å². The quantitative estimate of drug-likeness (QED) is 0.360. The first-order valence-electron chi connectivity index (χ1n) is 11.7. The molecule has 0 N–H and O–H groups in total. The van der Waals surface area contributed by atoms with Crippen molar-refractivity contribution in [3.63, 3.8) is 0 Å². The molecule has 0 radical (unpaired) electrons. The molecule has 0 heterocycles. The third kappa shape index (κ3) is 10.3. The van der Waals surface area contributed by atoms with Gasteiger partial charge in [-0.05, 0) is 47.6 Å². The molecule has 0 saturated heterocycles. The van der Waals surface area contributed by atoms with Crippen molar-refractivity contribution in [2.24, 2.45) is 0 Å². The molecule has 0 nitrogen and oxygen atoms in total. The Hall–Kier alpha value is -2.47. The van der Waals surface area contributed by atoms with E-state index in [2.05, 4.69) is 86.6 Å². The lowest BCUT2D eigenvalue weighted by atomic mass is 9.99. The number of benzene rings is 3. The Morgan fingerprint density at radius 1 is 0.467 bits per heavy atom. The van der Waals surface area contributed by atoms with Gasteiger partial charge in [0.15, 0.2) is 0 Å². The van der Waals surface area contributed by atoms with E-state index in [1.165, 1.54) is 33.4 Å². The second-order valence-corrected chi connectivity index (χ2v) is 6.58. The third-order valence-electron chi connectivity index (χ3n) is 4.45. The zero-order chi connectivity index (χ0) is 22.8. The molecule has 0 heteroatoms. The number of hydrogen-bond acceptors (Lipinski definition) is 0. The molecule has 0 unspecified atom stereocenters. The van der Waals surface area contributed by atoms with Gasteiger partial charge < -0.3 is 0 Å². The number of hydrogen-bond donors (Lipinski definition) is 0. The summed E-state index contributed by atoms with van der Waals surface area (Å²) in [4.78, 5) is 0. The van der Waals surface area contributed by atoms with Crippen LogP contribution in [0.25, 0.3) is 0 Å². The van der Waals surface area contributed by atoms with E-state index in [4.69, 9.17) is 0 Å². The highest BCUT2D eigenvalue weighted by molar-refractivity contribution is 5.33. The predicted octanol–water partition coefficient (Wildman–Crippen LogP) is 9.02. The Morgan fingerprint density at radius 2 is 0.733 bits per heavy atom. The highest BCUT2D eigenvalue weighted by atomic mass is 14.1. The van der Waals surface area contributed by atoms with Crippen molar-refractivity contribution in [1.82, 2.24) is 0 Å². The van der Waals surface area contributed by atoms with E-state index in [-0.39, 0.29) is 0 Å². The van der Waals surface area contributed by atoms with Gasteiger partial charge in [0.1, 0.15) is 0 Å². The fourth-order valence-electron chi connectivity index (χ4n) is 2.98. The Labute approximate surface area is 187 Å². The van der Waals surface area contributed by atoms with Gasteiger partial charge in [0.25, 0.3) is 0 Å². The van der Waals surface area contributed by atoms with Crippen LogP contribution in [0.1, 0.15) is 81.3 Å². The maximum absolute atomic E-state index is 3.91. The first kappa shape index (κ1) is 27.5. The van der Waals surface area contributed by atoms with Crippen LogP contribution in [-0.4, -0.2) is 0 Å². The highest BCUT2D eigenvalue weighted by Crippen LogP contribution is 2.15. The van der Waals surface area contributed by atoms with Crippen LogP contribution in [0.15, 0.2) is 72.8 Å². The van der Waals surface area contributed by atoms with Crippen LogP contribution in [-0.2, 0) is 19.3 Å². The molecule has 0 atom stereocenters. The van der Waals surface area contributed by atoms with E-state index >= 15 is 0 Å². The minimum Gasteiger partial charge on any atom is -0.0683 e. The minimum absolute atomic E-state index is 0.960. The third-order valence-corrected chi connectivity index (χ3v) is 4.45. The van der Waals surface area contributed by atoms with E-state index in [0.717, 1.165) is 25.7 Å². The van der Waals surface area contributed by atoms with Gasteiger partial charge in [-0.1, -0.05) is 120 Å². The summed E-state index contributed by atoms with van der Waals surface area (Å²) in [6, 6.07) is 26.8. The molecule has 3 aromatic rings. The van der Waals surface area contributed by atoms with Crippen LogP contribution >= 0.6 is 0 Å². The maximum atomic E-state index is 3.91. The van der Waals surface area contributed by atoms with E-state index in [9.17, 15) is 0 Å². The molecule has 0 bridgehead atoms. The van der Waals surface area contributed by atoms with Gasteiger partial charge >= 0.3 is 0 Å². The van der Waals surface area contributed by atoms with Gasteiger partial charge in [0.05, 0.1) is 13.3 Å². The van der Waals surface area contributed by atoms with Crippen molar-refractivity contribution in [3.05, 3.63) is 113 Å². The van der Waals surface area contributed by atoms with Crippen molar-refractivity contribution < 1.29 is 0 Å². The van der Waals surface area contributed by atoms with Crippen molar-refractivity contribution in [3.8, 4) is 0 Å². The molecular weight excluding hydrogens is 360 g/mol. The molecule has 0 aliphatic carbocycles.